The first kappa shape index (κ1) is 12.1. The Labute approximate surface area is 101 Å². The zero-order valence-corrected chi connectivity index (χ0v) is 9.67. The molecule has 17 heavy (non-hydrogen) atoms. The van der Waals surface area contributed by atoms with Gasteiger partial charge in [-0.15, -0.1) is 0 Å². The maximum atomic E-state index is 5.55. The minimum atomic E-state index is -0.252. The van der Waals surface area contributed by atoms with Crippen molar-refractivity contribution in [2.45, 2.75) is 6.29 Å². The molecule has 1 aromatic rings. The molecule has 0 aliphatic carbocycles. The molecule has 2 N–H and O–H groups in total. The number of benzene rings is 1. The monoisotopic (exact) mass is 235 g/mol. The lowest BCUT2D eigenvalue weighted by Crippen LogP contribution is -2.00. The Balaban J connectivity index is 1.93. The van der Waals surface area contributed by atoms with Crippen LogP contribution in [-0.4, -0.2) is 26.4 Å². The van der Waals surface area contributed by atoms with Gasteiger partial charge < -0.3 is 19.9 Å². The highest BCUT2D eigenvalue weighted by Crippen LogP contribution is 2.26. The van der Waals surface area contributed by atoms with Gasteiger partial charge in [-0.3, -0.25) is 0 Å². The molecule has 1 aliphatic rings. The number of rotatable bonds is 5. The zero-order valence-electron chi connectivity index (χ0n) is 9.67. The van der Waals surface area contributed by atoms with Crippen LogP contribution in [0.1, 0.15) is 11.9 Å². The van der Waals surface area contributed by atoms with Crippen molar-refractivity contribution in [2.24, 2.45) is 5.73 Å². The summed E-state index contributed by atoms with van der Waals surface area (Å²) in [6.45, 7) is 2.35. The largest absolute Gasteiger partial charge is 0.490 e. The molecule has 2 rings (SSSR count). The van der Waals surface area contributed by atoms with Crippen molar-refractivity contribution in [3.05, 3.63) is 42.0 Å². The Morgan fingerprint density at radius 1 is 1.29 bits per heavy atom. The maximum absolute atomic E-state index is 5.55. The van der Waals surface area contributed by atoms with Gasteiger partial charge in [-0.05, 0) is 12.1 Å². The van der Waals surface area contributed by atoms with Crippen LogP contribution in [-0.2, 0) is 9.47 Å². The van der Waals surface area contributed by atoms with Gasteiger partial charge in [0.15, 0.2) is 6.29 Å². The summed E-state index contributed by atoms with van der Waals surface area (Å²) < 4.78 is 16.4. The first-order valence-electron chi connectivity index (χ1n) is 5.71. The third-order valence-corrected chi connectivity index (χ3v) is 2.40. The standard InChI is InChI=1S/C13H17NO3/c14-6-1-2-7-15-12-5-3-4-11(10-12)13-16-8-9-17-13/h1-5,10,13H,6-9,14H2/b2-1-. The van der Waals surface area contributed by atoms with E-state index in [0.717, 1.165) is 11.3 Å². The molecular weight excluding hydrogens is 218 g/mol. The van der Waals surface area contributed by atoms with Crippen molar-refractivity contribution in [1.82, 2.24) is 0 Å². The lowest BCUT2D eigenvalue weighted by atomic mass is 10.2. The highest BCUT2D eigenvalue weighted by molar-refractivity contribution is 5.29. The Hall–Kier alpha value is -1.36. The minimum absolute atomic E-state index is 0.252. The Morgan fingerprint density at radius 3 is 2.88 bits per heavy atom. The molecule has 0 saturated carbocycles. The molecule has 1 aromatic carbocycles. The first-order chi connectivity index (χ1) is 8.40. The van der Waals surface area contributed by atoms with Gasteiger partial charge >= 0.3 is 0 Å². The van der Waals surface area contributed by atoms with Crippen molar-refractivity contribution in [3.8, 4) is 5.75 Å². The van der Waals surface area contributed by atoms with Gasteiger partial charge in [0.1, 0.15) is 12.4 Å². The third kappa shape index (κ3) is 3.56. The fraction of sp³-hybridized carbons (Fsp3) is 0.385. The van der Waals surface area contributed by atoms with Crippen LogP contribution in [0.15, 0.2) is 36.4 Å². The van der Waals surface area contributed by atoms with Gasteiger partial charge in [-0.2, -0.15) is 0 Å². The van der Waals surface area contributed by atoms with Gasteiger partial charge in [0.05, 0.1) is 13.2 Å². The SMILES string of the molecule is NC/C=C\COc1cccc(C2OCCO2)c1. The van der Waals surface area contributed by atoms with Crippen molar-refractivity contribution in [3.63, 3.8) is 0 Å². The van der Waals surface area contributed by atoms with Crippen LogP contribution in [0.2, 0.25) is 0 Å². The van der Waals surface area contributed by atoms with Gasteiger partial charge in [0.25, 0.3) is 0 Å². The van der Waals surface area contributed by atoms with Crippen molar-refractivity contribution in [1.29, 1.82) is 0 Å². The molecule has 0 atom stereocenters. The number of hydrogen-bond donors (Lipinski definition) is 1. The molecule has 1 fully saturated rings. The second kappa shape index (κ2) is 6.39. The minimum Gasteiger partial charge on any atom is -0.490 e. The van der Waals surface area contributed by atoms with Crippen LogP contribution >= 0.6 is 0 Å². The normalized spacial score (nSPS) is 16.8. The maximum Gasteiger partial charge on any atom is 0.184 e. The number of ether oxygens (including phenoxy) is 3. The van der Waals surface area contributed by atoms with E-state index in [-0.39, 0.29) is 6.29 Å². The number of nitrogens with two attached hydrogens (primary N) is 1. The molecule has 1 saturated heterocycles. The predicted octanol–water partition coefficient (Wildman–Crippen LogP) is 1.63. The van der Waals surface area contributed by atoms with Crippen LogP contribution < -0.4 is 10.5 Å². The van der Waals surface area contributed by atoms with E-state index in [9.17, 15) is 0 Å². The van der Waals surface area contributed by atoms with Gasteiger partial charge in [0.2, 0.25) is 0 Å². The zero-order chi connectivity index (χ0) is 11.9. The third-order valence-electron chi connectivity index (χ3n) is 2.40. The summed E-state index contributed by atoms with van der Waals surface area (Å²) in [6.07, 6.45) is 3.51. The van der Waals surface area contributed by atoms with Gasteiger partial charge in [-0.1, -0.05) is 24.3 Å². The number of hydrogen-bond acceptors (Lipinski definition) is 4. The van der Waals surface area contributed by atoms with Crippen molar-refractivity contribution in [2.75, 3.05) is 26.4 Å². The molecule has 0 bridgehead atoms. The molecule has 92 valence electrons. The lowest BCUT2D eigenvalue weighted by molar-refractivity contribution is -0.0442. The fourth-order valence-corrected chi connectivity index (χ4v) is 1.61. The molecule has 1 heterocycles. The average molecular weight is 235 g/mol. The van der Waals surface area contributed by atoms with Crippen LogP contribution in [0.25, 0.3) is 0 Å². The van der Waals surface area contributed by atoms with E-state index in [1.54, 1.807) is 0 Å². The second-order valence-electron chi connectivity index (χ2n) is 3.66. The van der Waals surface area contributed by atoms with Crippen LogP contribution in [0, 0.1) is 0 Å². The average Bonchev–Trinajstić information content (AvgIpc) is 2.89. The van der Waals surface area contributed by atoms with Gasteiger partial charge in [-0.25, -0.2) is 0 Å². The molecule has 4 nitrogen and oxygen atoms in total. The summed E-state index contributed by atoms with van der Waals surface area (Å²) in [5.74, 6) is 0.809. The Bertz CT molecular complexity index is 373. The molecule has 0 radical (unpaired) electrons. The van der Waals surface area contributed by atoms with E-state index >= 15 is 0 Å². The van der Waals surface area contributed by atoms with Gasteiger partial charge in [0, 0.05) is 12.1 Å². The molecule has 1 aliphatic heterocycles. The topological polar surface area (TPSA) is 53.7 Å². The highest BCUT2D eigenvalue weighted by Gasteiger charge is 2.18. The molecule has 0 unspecified atom stereocenters. The van der Waals surface area contributed by atoms with E-state index in [4.69, 9.17) is 19.9 Å². The van der Waals surface area contributed by atoms with E-state index in [2.05, 4.69) is 0 Å². The lowest BCUT2D eigenvalue weighted by Gasteiger charge is -2.11. The fourth-order valence-electron chi connectivity index (χ4n) is 1.61. The van der Waals surface area contributed by atoms with E-state index in [1.807, 2.05) is 36.4 Å². The summed E-state index contributed by atoms with van der Waals surface area (Å²) in [7, 11) is 0. The summed E-state index contributed by atoms with van der Waals surface area (Å²) in [5, 5.41) is 0. The first-order valence-corrected chi connectivity index (χ1v) is 5.71. The Morgan fingerprint density at radius 2 is 2.12 bits per heavy atom. The van der Waals surface area contributed by atoms with Crippen LogP contribution in [0.4, 0.5) is 0 Å². The van der Waals surface area contributed by atoms with Crippen molar-refractivity contribution < 1.29 is 14.2 Å². The summed E-state index contributed by atoms with van der Waals surface area (Å²) in [4.78, 5) is 0. The molecular formula is C13H17NO3. The molecule has 0 aromatic heterocycles. The molecule has 4 heteroatoms. The van der Waals surface area contributed by atoms with Crippen molar-refractivity contribution >= 4 is 0 Å². The molecule has 0 amide bonds. The predicted molar refractivity (Wildman–Crippen MR) is 64.8 cm³/mol. The summed E-state index contributed by atoms with van der Waals surface area (Å²) in [5.41, 5.74) is 6.33. The quantitative estimate of drug-likeness (QED) is 0.788. The van der Waals surface area contributed by atoms with E-state index in [0.29, 0.717) is 26.4 Å². The summed E-state index contributed by atoms with van der Waals surface area (Å²) >= 11 is 0. The highest BCUT2D eigenvalue weighted by atomic mass is 16.7. The van der Waals surface area contributed by atoms with Crippen LogP contribution in [0.5, 0.6) is 5.75 Å². The summed E-state index contributed by atoms with van der Waals surface area (Å²) in [6, 6.07) is 7.75. The van der Waals surface area contributed by atoms with E-state index in [1.165, 1.54) is 0 Å². The smallest absolute Gasteiger partial charge is 0.184 e. The van der Waals surface area contributed by atoms with E-state index < -0.39 is 0 Å². The second-order valence-corrected chi connectivity index (χ2v) is 3.66. The van der Waals surface area contributed by atoms with Crippen LogP contribution in [0.3, 0.4) is 0 Å². The Kier molecular flexibility index (Phi) is 4.55. The molecule has 0 spiro atoms.